The Morgan fingerprint density at radius 1 is 1.10 bits per heavy atom. The van der Waals surface area contributed by atoms with Gasteiger partial charge in [-0.2, -0.15) is 0 Å². The predicted molar refractivity (Wildman–Crippen MR) is 73.8 cm³/mol. The van der Waals surface area contributed by atoms with Crippen LogP contribution in [-0.4, -0.2) is 32.6 Å². The van der Waals surface area contributed by atoms with Gasteiger partial charge in [0.2, 0.25) is 0 Å². The maximum atomic E-state index is 12.2. The molecule has 0 N–H and O–H groups in total. The van der Waals surface area contributed by atoms with Gasteiger partial charge in [-0.15, -0.1) is 0 Å². The van der Waals surface area contributed by atoms with E-state index < -0.39 is 9.84 Å². The summed E-state index contributed by atoms with van der Waals surface area (Å²) in [6, 6.07) is 7.38. The minimum absolute atomic E-state index is 0.179. The van der Waals surface area contributed by atoms with E-state index in [4.69, 9.17) is 4.74 Å². The lowest BCUT2D eigenvalue weighted by atomic mass is 10.1. The largest absolute Gasteiger partial charge is 0.495 e. The molecule has 5 nitrogen and oxygen atoms in total. The molecule has 0 bridgehead atoms. The Hall–Kier alpha value is -2.21. The Balaban J connectivity index is 2.34. The van der Waals surface area contributed by atoms with E-state index in [1.165, 1.54) is 43.8 Å². The van der Waals surface area contributed by atoms with Gasteiger partial charge in [-0.05, 0) is 30.3 Å². The van der Waals surface area contributed by atoms with Gasteiger partial charge in [-0.3, -0.25) is 9.78 Å². The fourth-order valence-corrected chi connectivity index (χ4v) is 2.31. The fourth-order valence-electron chi connectivity index (χ4n) is 1.67. The average Bonchev–Trinajstić information content (AvgIpc) is 2.46. The number of pyridine rings is 1. The summed E-state index contributed by atoms with van der Waals surface area (Å²) in [7, 11) is -1.77. The second-order valence-electron chi connectivity index (χ2n) is 4.24. The summed E-state index contributed by atoms with van der Waals surface area (Å²) < 4.78 is 27.7. The molecule has 0 aliphatic carbocycles. The fraction of sp³-hybridized carbons (Fsp3) is 0.143. The van der Waals surface area contributed by atoms with Crippen LogP contribution in [0.3, 0.4) is 0 Å². The normalized spacial score (nSPS) is 11.1. The highest BCUT2D eigenvalue weighted by Gasteiger charge is 2.12. The molecule has 104 valence electrons. The van der Waals surface area contributed by atoms with Crippen molar-refractivity contribution >= 4 is 15.6 Å². The second-order valence-corrected chi connectivity index (χ2v) is 6.25. The first-order chi connectivity index (χ1) is 9.41. The Morgan fingerprint density at radius 3 is 2.30 bits per heavy atom. The van der Waals surface area contributed by atoms with Crippen LogP contribution >= 0.6 is 0 Å². The maximum absolute atomic E-state index is 12.2. The lowest BCUT2D eigenvalue weighted by molar-refractivity contribution is 0.103. The molecule has 0 fully saturated rings. The number of ketones is 1. The van der Waals surface area contributed by atoms with Gasteiger partial charge in [0.15, 0.2) is 15.6 Å². The highest BCUT2D eigenvalue weighted by Crippen LogP contribution is 2.16. The van der Waals surface area contributed by atoms with Gasteiger partial charge in [-0.25, -0.2) is 8.42 Å². The van der Waals surface area contributed by atoms with E-state index in [1.54, 1.807) is 6.07 Å². The van der Waals surface area contributed by atoms with E-state index in [-0.39, 0.29) is 10.7 Å². The zero-order valence-corrected chi connectivity index (χ0v) is 11.8. The Morgan fingerprint density at radius 2 is 1.75 bits per heavy atom. The molecule has 0 amide bonds. The van der Waals surface area contributed by atoms with Crippen molar-refractivity contribution in [3.63, 3.8) is 0 Å². The number of aromatic nitrogens is 1. The molecule has 0 aliphatic heterocycles. The van der Waals surface area contributed by atoms with Gasteiger partial charge >= 0.3 is 0 Å². The molecule has 0 unspecified atom stereocenters. The summed E-state index contributed by atoms with van der Waals surface area (Å²) in [5.74, 6) is 0.250. The number of methoxy groups -OCH3 is 1. The molecule has 0 saturated carbocycles. The summed E-state index contributed by atoms with van der Waals surface area (Å²) in [5, 5.41) is 0. The predicted octanol–water partition coefficient (Wildman–Crippen LogP) is 1.72. The van der Waals surface area contributed by atoms with Crippen molar-refractivity contribution in [2.24, 2.45) is 0 Å². The number of carbonyl (C=O) groups is 1. The lowest BCUT2D eigenvalue weighted by Gasteiger charge is -2.04. The molecule has 1 aromatic carbocycles. The van der Waals surface area contributed by atoms with Gasteiger partial charge in [-0.1, -0.05) is 0 Å². The van der Waals surface area contributed by atoms with Crippen LogP contribution < -0.4 is 4.74 Å². The summed E-state index contributed by atoms with van der Waals surface area (Å²) in [4.78, 5) is 16.3. The quantitative estimate of drug-likeness (QED) is 0.802. The molecular weight excluding hydrogens is 278 g/mol. The number of sulfone groups is 1. The Labute approximate surface area is 117 Å². The van der Waals surface area contributed by atoms with Crippen LogP contribution in [0.25, 0.3) is 0 Å². The number of nitrogens with zero attached hydrogens (tertiary/aromatic N) is 1. The zero-order valence-electron chi connectivity index (χ0n) is 11.0. The van der Waals surface area contributed by atoms with Crippen LogP contribution in [0.15, 0.2) is 47.6 Å². The number of ether oxygens (including phenoxy) is 1. The molecule has 6 heteroatoms. The van der Waals surface area contributed by atoms with Gasteiger partial charge in [0.1, 0.15) is 5.75 Å². The Bertz CT molecular complexity index is 736. The van der Waals surface area contributed by atoms with Crippen molar-refractivity contribution in [1.29, 1.82) is 0 Å². The number of benzene rings is 1. The summed E-state index contributed by atoms with van der Waals surface area (Å²) in [6.45, 7) is 0. The van der Waals surface area contributed by atoms with Crippen LogP contribution in [0, 0.1) is 0 Å². The molecule has 2 aromatic rings. The van der Waals surface area contributed by atoms with Gasteiger partial charge in [0.25, 0.3) is 0 Å². The number of hydrogen-bond donors (Lipinski definition) is 0. The third kappa shape index (κ3) is 3.03. The van der Waals surface area contributed by atoms with Crippen molar-refractivity contribution in [2.45, 2.75) is 4.90 Å². The molecule has 2 rings (SSSR count). The first kappa shape index (κ1) is 14.2. The van der Waals surface area contributed by atoms with Gasteiger partial charge in [0.05, 0.1) is 18.2 Å². The standard InChI is InChI=1S/C14H13NO4S/c1-19-12-7-11(8-15-9-12)14(16)10-3-5-13(6-4-10)20(2,17)18/h3-9H,1-2H3. The first-order valence-corrected chi connectivity index (χ1v) is 7.65. The highest BCUT2D eigenvalue weighted by atomic mass is 32.2. The van der Waals surface area contributed by atoms with Crippen molar-refractivity contribution in [3.05, 3.63) is 53.9 Å². The SMILES string of the molecule is COc1cncc(C(=O)c2ccc(S(C)(=O)=O)cc2)c1. The minimum atomic E-state index is -3.26. The van der Waals surface area contributed by atoms with Crippen LogP contribution in [0.2, 0.25) is 0 Å². The van der Waals surface area contributed by atoms with E-state index in [0.29, 0.717) is 16.9 Å². The van der Waals surface area contributed by atoms with E-state index >= 15 is 0 Å². The van der Waals surface area contributed by atoms with Crippen molar-refractivity contribution in [3.8, 4) is 5.75 Å². The molecule has 1 aromatic heterocycles. The number of rotatable bonds is 4. The third-order valence-electron chi connectivity index (χ3n) is 2.76. The average molecular weight is 291 g/mol. The molecular formula is C14H13NO4S. The van der Waals surface area contributed by atoms with Crippen molar-refractivity contribution in [1.82, 2.24) is 4.98 Å². The summed E-state index contributed by atoms with van der Waals surface area (Å²) in [5.41, 5.74) is 0.781. The zero-order chi connectivity index (χ0) is 14.8. The number of hydrogen-bond acceptors (Lipinski definition) is 5. The van der Waals surface area contributed by atoms with Crippen molar-refractivity contribution < 1.29 is 17.9 Å². The molecule has 0 saturated heterocycles. The van der Waals surface area contributed by atoms with E-state index in [9.17, 15) is 13.2 Å². The van der Waals surface area contributed by atoms with Crippen LogP contribution in [0.5, 0.6) is 5.75 Å². The molecule has 20 heavy (non-hydrogen) atoms. The summed E-state index contributed by atoms with van der Waals surface area (Å²) in [6.07, 6.45) is 4.06. The molecule has 0 radical (unpaired) electrons. The van der Waals surface area contributed by atoms with E-state index in [2.05, 4.69) is 4.98 Å². The topological polar surface area (TPSA) is 73.3 Å². The van der Waals surface area contributed by atoms with Gasteiger partial charge in [0, 0.05) is 23.6 Å². The van der Waals surface area contributed by atoms with Crippen LogP contribution in [0.1, 0.15) is 15.9 Å². The molecule has 0 spiro atoms. The Kier molecular flexibility index (Phi) is 3.85. The monoisotopic (exact) mass is 291 g/mol. The third-order valence-corrected chi connectivity index (χ3v) is 3.88. The lowest BCUT2D eigenvalue weighted by Crippen LogP contribution is -2.03. The van der Waals surface area contributed by atoms with Gasteiger partial charge < -0.3 is 4.74 Å². The maximum Gasteiger partial charge on any atom is 0.194 e. The molecule has 0 aliphatic rings. The van der Waals surface area contributed by atoms with E-state index in [0.717, 1.165) is 6.26 Å². The van der Waals surface area contributed by atoms with Crippen LogP contribution in [0.4, 0.5) is 0 Å². The molecule has 1 heterocycles. The van der Waals surface area contributed by atoms with E-state index in [1.807, 2.05) is 0 Å². The minimum Gasteiger partial charge on any atom is -0.495 e. The highest BCUT2D eigenvalue weighted by molar-refractivity contribution is 7.90. The molecule has 0 atom stereocenters. The number of carbonyl (C=O) groups excluding carboxylic acids is 1. The smallest absolute Gasteiger partial charge is 0.194 e. The summed E-state index contributed by atoms with van der Waals surface area (Å²) >= 11 is 0. The first-order valence-electron chi connectivity index (χ1n) is 5.75. The van der Waals surface area contributed by atoms with Crippen LogP contribution in [-0.2, 0) is 9.84 Å². The van der Waals surface area contributed by atoms with Crippen molar-refractivity contribution in [2.75, 3.05) is 13.4 Å². The second kappa shape index (κ2) is 5.42.